The number of hydrogen-bond acceptors (Lipinski definition) is 1. The van der Waals surface area contributed by atoms with Crippen molar-refractivity contribution < 1.29 is 4.39 Å². The average Bonchev–Trinajstić information content (AvgIpc) is 2.40. The van der Waals surface area contributed by atoms with Crippen LogP contribution >= 0.6 is 50.7 Å². The van der Waals surface area contributed by atoms with Crippen molar-refractivity contribution in [2.45, 2.75) is 13.0 Å². The number of benzene rings is 2. The molecule has 0 aromatic heterocycles. The summed E-state index contributed by atoms with van der Waals surface area (Å²) in [4.78, 5) is 0. The number of rotatable bonds is 3. The highest BCUT2D eigenvalue weighted by Gasteiger charge is 2.15. The fourth-order valence-corrected chi connectivity index (χ4v) is 2.86. The molecule has 20 heavy (non-hydrogen) atoms. The lowest BCUT2D eigenvalue weighted by Crippen LogP contribution is -2.08. The molecule has 0 aliphatic carbocycles. The van der Waals surface area contributed by atoms with Gasteiger partial charge in [-0.1, -0.05) is 56.8 Å². The summed E-state index contributed by atoms with van der Waals surface area (Å²) in [5.41, 5.74) is 1.13. The quantitative estimate of drug-likeness (QED) is 0.567. The first-order valence-electron chi connectivity index (χ1n) is 5.75. The molecule has 0 fully saturated rings. The second kappa shape index (κ2) is 6.52. The van der Waals surface area contributed by atoms with Gasteiger partial charge >= 0.3 is 0 Å². The Balaban J connectivity index is 2.31. The van der Waals surface area contributed by atoms with Gasteiger partial charge in [-0.15, -0.1) is 0 Å². The molecule has 0 amide bonds. The van der Waals surface area contributed by atoms with Gasteiger partial charge in [0.2, 0.25) is 0 Å². The first kappa shape index (κ1) is 15.9. The Bertz CT molecular complexity index is 649. The lowest BCUT2D eigenvalue weighted by molar-refractivity contribution is 0.627. The maximum absolute atomic E-state index is 13.7. The van der Waals surface area contributed by atoms with Crippen molar-refractivity contribution in [3.63, 3.8) is 0 Å². The Labute approximate surface area is 140 Å². The van der Waals surface area contributed by atoms with Crippen LogP contribution < -0.4 is 5.32 Å². The van der Waals surface area contributed by atoms with Crippen molar-refractivity contribution in [3.8, 4) is 0 Å². The van der Waals surface area contributed by atoms with E-state index in [1.165, 1.54) is 6.07 Å². The van der Waals surface area contributed by atoms with Gasteiger partial charge in [-0.3, -0.25) is 0 Å². The third kappa shape index (κ3) is 3.40. The first-order chi connectivity index (χ1) is 9.40. The molecule has 0 radical (unpaired) electrons. The Morgan fingerprint density at radius 2 is 1.80 bits per heavy atom. The van der Waals surface area contributed by atoms with Crippen LogP contribution in [0.15, 0.2) is 34.8 Å². The second-order valence-electron chi connectivity index (χ2n) is 4.25. The van der Waals surface area contributed by atoms with Crippen LogP contribution in [0, 0.1) is 5.82 Å². The van der Waals surface area contributed by atoms with Gasteiger partial charge in [-0.25, -0.2) is 4.39 Å². The third-order valence-corrected chi connectivity index (χ3v) is 4.63. The molecule has 1 N–H and O–H groups in total. The molecule has 6 heteroatoms. The lowest BCUT2D eigenvalue weighted by atomic mass is 10.1. The predicted octanol–water partition coefficient (Wildman–Crippen LogP) is 6.72. The van der Waals surface area contributed by atoms with E-state index in [0.29, 0.717) is 20.8 Å². The van der Waals surface area contributed by atoms with Gasteiger partial charge < -0.3 is 5.32 Å². The zero-order valence-electron chi connectivity index (χ0n) is 10.4. The molecular weight excluding hydrogens is 387 g/mol. The minimum Gasteiger partial charge on any atom is -0.376 e. The zero-order valence-corrected chi connectivity index (χ0v) is 14.2. The summed E-state index contributed by atoms with van der Waals surface area (Å²) >= 11 is 21.4. The lowest BCUT2D eigenvalue weighted by Gasteiger charge is -2.18. The van der Waals surface area contributed by atoms with E-state index in [1.807, 2.05) is 6.92 Å². The van der Waals surface area contributed by atoms with Crippen molar-refractivity contribution in [3.05, 3.63) is 61.3 Å². The Hall–Kier alpha value is -0.480. The summed E-state index contributed by atoms with van der Waals surface area (Å²) < 4.78 is 14.5. The molecule has 0 heterocycles. The minimum absolute atomic E-state index is 0.221. The molecule has 1 unspecified atom stereocenters. The number of halogens is 5. The highest BCUT2D eigenvalue weighted by molar-refractivity contribution is 9.10. The van der Waals surface area contributed by atoms with E-state index in [-0.39, 0.29) is 11.9 Å². The van der Waals surface area contributed by atoms with Crippen LogP contribution in [0.3, 0.4) is 0 Å². The van der Waals surface area contributed by atoms with Gasteiger partial charge in [0.15, 0.2) is 0 Å². The second-order valence-corrected chi connectivity index (χ2v) is 6.33. The van der Waals surface area contributed by atoms with Crippen LogP contribution in [0.4, 0.5) is 10.1 Å². The van der Waals surface area contributed by atoms with Gasteiger partial charge in [-0.05, 0) is 36.8 Å². The Morgan fingerprint density at radius 3 is 2.50 bits per heavy atom. The summed E-state index contributed by atoms with van der Waals surface area (Å²) in [7, 11) is 0. The third-order valence-electron chi connectivity index (χ3n) is 2.83. The summed E-state index contributed by atoms with van der Waals surface area (Å²) in [5.74, 6) is -0.337. The van der Waals surface area contributed by atoms with E-state index in [2.05, 4.69) is 21.2 Å². The highest BCUT2D eigenvalue weighted by Crippen LogP contribution is 2.36. The molecular formula is C14H10BrCl3FN. The number of nitrogens with one attached hydrogen (secondary N) is 1. The molecule has 2 aromatic rings. The molecule has 0 spiro atoms. The van der Waals surface area contributed by atoms with Gasteiger partial charge in [0.25, 0.3) is 0 Å². The molecule has 1 nitrogen and oxygen atoms in total. The van der Waals surface area contributed by atoms with Crippen LogP contribution in [-0.4, -0.2) is 0 Å². The van der Waals surface area contributed by atoms with Gasteiger partial charge in [0, 0.05) is 4.47 Å². The van der Waals surface area contributed by atoms with Crippen molar-refractivity contribution >= 4 is 56.4 Å². The van der Waals surface area contributed by atoms with Crippen LogP contribution in [-0.2, 0) is 0 Å². The largest absolute Gasteiger partial charge is 0.376 e. The van der Waals surface area contributed by atoms with Gasteiger partial charge in [0.1, 0.15) is 5.82 Å². The molecule has 106 valence electrons. The Morgan fingerprint density at radius 1 is 1.10 bits per heavy atom. The fourth-order valence-electron chi connectivity index (χ4n) is 1.79. The van der Waals surface area contributed by atoms with Crippen LogP contribution in [0.2, 0.25) is 15.1 Å². The maximum atomic E-state index is 13.7. The molecule has 1 atom stereocenters. The van der Waals surface area contributed by atoms with Crippen LogP contribution in [0.25, 0.3) is 0 Å². The molecule has 0 bridgehead atoms. The topological polar surface area (TPSA) is 12.0 Å². The molecule has 2 aromatic carbocycles. The minimum atomic E-state index is -0.337. The molecule has 0 aliphatic heterocycles. The molecule has 0 saturated carbocycles. The van der Waals surface area contributed by atoms with Gasteiger partial charge in [0.05, 0.1) is 26.8 Å². The van der Waals surface area contributed by atoms with Crippen molar-refractivity contribution in [2.24, 2.45) is 0 Å². The summed E-state index contributed by atoms with van der Waals surface area (Å²) in [6, 6.07) is 7.90. The van der Waals surface area contributed by atoms with E-state index in [9.17, 15) is 4.39 Å². The monoisotopic (exact) mass is 395 g/mol. The first-order valence-corrected chi connectivity index (χ1v) is 7.68. The predicted molar refractivity (Wildman–Crippen MR) is 87.6 cm³/mol. The van der Waals surface area contributed by atoms with Crippen molar-refractivity contribution in [1.82, 2.24) is 0 Å². The van der Waals surface area contributed by atoms with Gasteiger partial charge in [-0.2, -0.15) is 0 Å². The fraction of sp³-hybridized carbons (Fsp3) is 0.143. The molecule has 2 rings (SSSR count). The summed E-state index contributed by atoms with van der Waals surface area (Å²) in [6.07, 6.45) is 0. The zero-order chi connectivity index (χ0) is 14.9. The van der Waals surface area contributed by atoms with Crippen molar-refractivity contribution in [2.75, 3.05) is 5.32 Å². The Kier molecular flexibility index (Phi) is 5.19. The normalized spacial score (nSPS) is 12.3. The molecule has 0 aliphatic rings. The average molecular weight is 398 g/mol. The van der Waals surface area contributed by atoms with E-state index < -0.39 is 0 Å². The van der Waals surface area contributed by atoms with Crippen molar-refractivity contribution in [1.29, 1.82) is 0 Å². The number of hydrogen-bond donors (Lipinski definition) is 1. The summed E-state index contributed by atoms with van der Waals surface area (Å²) in [5, 5.41) is 4.12. The van der Waals surface area contributed by atoms with E-state index in [4.69, 9.17) is 34.8 Å². The van der Waals surface area contributed by atoms with Crippen LogP contribution in [0.1, 0.15) is 18.5 Å². The van der Waals surface area contributed by atoms with Crippen LogP contribution in [0.5, 0.6) is 0 Å². The SMILES string of the molecule is CC(Nc1cc(Br)ccc1F)c1ccc(Cl)c(Cl)c1Cl. The summed E-state index contributed by atoms with van der Waals surface area (Å²) in [6.45, 7) is 1.87. The van der Waals surface area contributed by atoms with E-state index in [0.717, 1.165) is 10.0 Å². The molecule has 0 saturated heterocycles. The standard InChI is InChI=1S/C14H10BrCl3FN/c1-7(9-3-4-10(16)14(18)13(9)17)20-12-6-8(15)2-5-11(12)19/h2-7,20H,1H3. The highest BCUT2D eigenvalue weighted by atomic mass is 79.9. The van der Waals surface area contributed by atoms with E-state index in [1.54, 1.807) is 24.3 Å². The number of anilines is 1. The van der Waals surface area contributed by atoms with E-state index >= 15 is 0 Å². The smallest absolute Gasteiger partial charge is 0.146 e. The maximum Gasteiger partial charge on any atom is 0.146 e.